The second-order valence-corrected chi connectivity index (χ2v) is 12.2. The Morgan fingerprint density at radius 2 is 1.74 bits per heavy atom. The maximum Gasteiger partial charge on any atom is 0.311 e. The quantitative estimate of drug-likeness (QED) is 0.152. The van der Waals surface area contributed by atoms with E-state index < -0.39 is 35.7 Å². The monoisotopic (exact) mass is 547 g/mol. The zero-order valence-corrected chi connectivity index (χ0v) is 24.5. The van der Waals surface area contributed by atoms with Crippen LogP contribution >= 0.6 is 0 Å². The number of rotatable bonds is 11. The molecule has 0 aromatic heterocycles. The number of hydrogen-bond donors (Lipinski definition) is 0. The molecule has 10 heteroatoms. The lowest BCUT2D eigenvalue weighted by Gasteiger charge is -2.43. The number of hydrogen-bond acceptors (Lipinski definition) is 8. The molecule has 5 unspecified atom stereocenters. The van der Waals surface area contributed by atoms with Gasteiger partial charge in [0.2, 0.25) is 0 Å². The zero-order chi connectivity index (χ0) is 28.8. The van der Waals surface area contributed by atoms with Crippen LogP contribution in [0.25, 0.3) is 10.4 Å². The smallest absolute Gasteiger partial charge is 0.311 e. The molecule has 0 N–H and O–H groups in total. The van der Waals surface area contributed by atoms with Gasteiger partial charge in [0.05, 0.1) is 37.4 Å². The molecule has 2 aliphatic heterocycles. The number of ether oxygens (including phenoxy) is 6. The van der Waals surface area contributed by atoms with Gasteiger partial charge in [-0.05, 0) is 57.5 Å². The van der Waals surface area contributed by atoms with Crippen molar-refractivity contribution in [3.63, 3.8) is 0 Å². The first-order chi connectivity index (χ1) is 18.3. The number of carbonyl (C=O) groups excluding carboxylic acids is 1. The van der Waals surface area contributed by atoms with Crippen molar-refractivity contribution in [1.29, 1.82) is 0 Å². The summed E-state index contributed by atoms with van der Waals surface area (Å²) in [7, 11) is 0. The van der Waals surface area contributed by atoms with Gasteiger partial charge in [0, 0.05) is 10.8 Å². The van der Waals surface area contributed by atoms with E-state index in [1.165, 1.54) is 0 Å². The van der Waals surface area contributed by atoms with Gasteiger partial charge in [-0.3, -0.25) is 4.79 Å². The van der Waals surface area contributed by atoms with Crippen LogP contribution in [0.4, 0.5) is 0 Å². The predicted molar refractivity (Wildman–Crippen MR) is 145 cm³/mol. The van der Waals surface area contributed by atoms with E-state index in [-0.39, 0.29) is 37.1 Å². The average molecular weight is 548 g/mol. The summed E-state index contributed by atoms with van der Waals surface area (Å²) in [5.41, 5.74) is 9.77. The van der Waals surface area contributed by atoms with Crippen LogP contribution in [-0.4, -0.2) is 62.2 Å². The molecule has 0 amide bonds. The van der Waals surface area contributed by atoms with E-state index in [1.54, 1.807) is 34.6 Å². The van der Waals surface area contributed by atoms with Crippen molar-refractivity contribution < 1.29 is 33.2 Å². The fourth-order valence-corrected chi connectivity index (χ4v) is 4.88. The summed E-state index contributed by atoms with van der Waals surface area (Å²) < 4.78 is 36.2. The van der Waals surface area contributed by atoms with Gasteiger partial charge < -0.3 is 28.4 Å². The largest absolute Gasteiger partial charge is 0.462 e. The van der Waals surface area contributed by atoms with Crippen LogP contribution in [0, 0.1) is 23.2 Å². The van der Waals surface area contributed by atoms with Crippen molar-refractivity contribution in [1.82, 2.24) is 0 Å². The van der Waals surface area contributed by atoms with E-state index in [0.29, 0.717) is 19.1 Å². The van der Waals surface area contributed by atoms with Crippen LogP contribution in [0.15, 0.2) is 35.4 Å². The Balaban J connectivity index is 1.63. The third kappa shape index (κ3) is 8.64. The summed E-state index contributed by atoms with van der Waals surface area (Å²) >= 11 is 0. The lowest BCUT2D eigenvalue weighted by molar-refractivity contribution is -0.260. The molecule has 1 aromatic rings. The third-order valence-corrected chi connectivity index (χ3v) is 7.60. The van der Waals surface area contributed by atoms with Gasteiger partial charge in [0.25, 0.3) is 0 Å². The van der Waals surface area contributed by atoms with Crippen molar-refractivity contribution in [2.45, 2.75) is 98.4 Å². The van der Waals surface area contributed by atoms with Gasteiger partial charge >= 0.3 is 5.97 Å². The van der Waals surface area contributed by atoms with Crippen LogP contribution in [-0.2, 0) is 39.8 Å². The summed E-state index contributed by atoms with van der Waals surface area (Å²) in [6.45, 7) is 16.4. The Kier molecular flexibility index (Phi) is 10.8. The van der Waals surface area contributed by atoms with Crippen molar-refractivity contribution in [2.75, 3.05) is 19.8 Å². The van der Waals surface area contributed by atoms with E-state index in [4.69, 9.17) is 28.4 Å². The fourth-order valence-electron chi connectivity index (χ4n) is 4.88. The molecule has 2 heterocycles. The molecule has 0 aliphatic carbocycles. The van der Waals surface area contributed by atoms with Gasteiger partial charge in [-0.1, -0.05) is 56.2 Å². The highest BCUT2D eigenvalue weighted by molar-refractivity contribution is 5.75. The lowest BCUT2D eigenvalue weighted by Crippen LogP contribution is -2.49. The summed E-state index contributed by atoms with van der Waals surface area (Å²) in [5.74, 6) is -0.580. The highest BCUT2D eigenvalue weighted by Crippen LogP contribution is 2.37. The maximum absolute atomic E-state index is 12.3. The van der Waals surface area contributed by atoms with Crippen molar-refractivity contribution in [3.8, 4) is 0 Å². The number of esters is 1. The second kappa shape index (κ2) is 13.4. The van der Waals surface area contributed by atoms with Crippen molar-refractivity contribution >= 4 is 5.97 Å². The molecular formula is C29H45N3O7. The first-order valence-electron chi connectivity index (χ1n) is 13.8. The number of azide groups is 1. The summed E-state index contributed by atoms with van der Waals surface area (Å²) in [6.07, 6.45) is -1.93. The molecule has 0 saturated carbocycles. The number of nitrogens with zero attached hydrogens (tertiary/aromatic N) is 3. The molecule has 10 nitrogen and oxygen atoms in total. The van der Waals surface area contributed by atoms with Gasteiger partial charge in [-0.25, -0.2) is 0 Å². The van der Waals surface area contributed by atoms with Gasteiger partial charge in [-0.2, -0.15) is 0 Å². The Morgan fingerprint density at radius 1 is 1.05 bits per heavy atom. The number of benzene rings is 1. The first kappa shape index (κ1) is 31.3. The topological polar surface area (TPSA) is 121 Å². The van der Waals surface area contributed by atoms with Crippen LogP contribution in [0.3, 0.4) is 0 Å². The molecule has 218 valence electrons. The second-order valence-electron chi connectivity index (χ2n) is 12.2. The average Bonchev–Trinajstić information content (AvgIpc) is 3.19. The van der Waals surface area contributed by atoms with Crippen molar-refractivity contribution in [2.24, 2.45) is 28.3 Å². The molecular weight excluding hydrogens is 502 g/mol. The lowest BCUT2D eigenvalue weighted by atomic mass is 9.79. The summed E-state index contributed by atoms with van der Waals surface area (Å²) in [5, 5.41) is 3.97. The van der Waals surface area contributed by atoms with Gasteiger partial charge in [-0.15, -0.1) is 0 Å². The van der Waals surface area contributed by atoms with Crippen molar-refractivity contribution in [3.05, 3.63) is 46.3 Å². The normalized spacial score (nSPS) is 31.3. The Bertz CT molecular complexity index is 977. The van der Waals surface area contributed by atoms with E-state index in [9.17, 15) is 10.3 Å². The van der Waals surface area contributed by atoms with Gasteiger partial charge in [0.1, 0.15) is 18.8 Å². The minimum Gasteiger partial charge on any atom is -0.462 e. The van der Waals surface area contributed by atoms with Crippen LogP contribution in [0.5, 0.6) is 0 Å². The molecule has 3 rings (SSSR count). The highest BCUT2D eigenvalue weighted by atomic mass is 16.8. The Morgan fingerprint density at radius 3 is 2.38 bits per heavy atom. The van der Waals surface area contributed by atoms with Crippen LogP contribution in [0.2, 0.25) is 0 Å². The minimum atomic E-state index is -0.938. The van der Waals surface area contributed by atoms with E-state index in [1.807, 2.05) is 30.3 Å². The standard InChI is InChI=1S/C29H45N3O7/c1-18-19(2)23(16-34-14-21-12-10-9-11-13-21)37-26(20(18)3)35-15-22(31-32-30)25-24(38-29(7,8)39-25)17-36-27(33)28(4,5)6/h9-13,18-20,22-26H,14-17H2,1-8H3/t18?,19?,20?,22-,23?,24+,25-,26?/m0/s1. The SMILES string of the molecule is CC1C(COCc2ccccc2)OC(OC[C@H](N=[N+]=[N-])[C@@H]2OC(C)(C)O[C@@H]2COC(=O)C(C)(C)C)C(C)C1C. The van der Waals surface area contributed by atoms with E-state index in [0.717, 1.165) is 5.56 Å². The summed E-state index contributed by atoms with van der Waals surface area (Å²) in [6, 6.07) is 9.32. The third-order valence-electron chi connectivity index (χ3n) is 7.60. The predicted octanol–water partition coefficient (Wildman–Crippen LogP) is 5.64. The van der Waals surface area contributed by atoms with E-state index in [2.05, 4.69) is 30.8 Å². The first-order valence-corrected chi connectivity index (χ1v) is 13.8. The molecule has 0 spiro atoms. The summed E-state index contributed by atoms with van der Waals surface area (Å²) in [4.78, 5) is 15.4. The molecule has 2 fully saturated rings. The minimum absolute atomic E-state index is 0.0205. The van der Waals surface area contributed by atoms with Crippen LogP contribution < -0.4 is 0 Å². The van der Waals surface area contributed by atoms with E-state index >= 15 is 0 Å². The highest BCUT2D eigenvalue weighted by Gasteiger charge is 2.47. The molecule has 8 atom stereocenters. The van der Waals surface area contributed by atoms with Crippen LogP contribution in [0.1, 0.15) is 61.0 Å². The Labute approximate surface area is 232 Å². The maximum atomic E-state index is 12.3. The molecule has 2 aliphatic rings. The van der Waals surface area contributed by atoms with Gasteiger partial charge in [0.15, 0.2) is 12.1 Å². The molecule has 1 aromatic carbocycles. The molecule has 39 heavy (non-hydrogen) atoms. The number of carbonyl (C=O) groups is 1. The molecule has 0 radical (unpaired) electrons. The fraction of sp³-hybridized carbons (Fsp3) is 0.759. The Hall–Kier alpha value is -2.20. The molecule has 2 saturated heterocycles. The zero-order valence-electron chi connectivity index (χ0n) is 24.5. The molecule has 0 bridgehead atoms.